The molecule has 0 bridgehead atoms. The summed E-state index contributed by atoms with van der Waals surface area (Å²) in [6.45, 7) is 5.24. The Labute approximate surface area is 214 Å². The summed E-state index contributed by atoms with van der Waals surface area (Å²) in [6, 6.07) is 12.8. The van der Waals surface area contributed by atoms with E-state index in [2.05, 4.69) is 26.9 Å². The summed E-state index contributed by atoms with van der Waals surface area (Å²) in [4.78, 5) is 24.6. The number of benzene rings is 1. The lowest BCUT2D eigenvalue weighted by molar-refractivity contribution is 0.586. The molecule has 4 aromatic heterocycles. The van der Waals surface area contributed by atoms with Crippen molar-refractivity contribution in [3.8, 4) is 5.69 Å². The molecule has 0 saturated carbocycles. The molecule has 0 radical (unpaired) electrons. The summed E-state index contributed by atoms with van der Waals surface area (Å²) in [6.07, 6.45) is 5.73. The summed E-state index contributed by atoms with van der Waals surface area (Å²) in [5, 5.41) is 9.79. The highest BCUT2D eigenvalue weighted by atomic mass is 35.5. The van der Waals surface area contributed by atoms with E-state index < -0.39 is 10.8 Å². The third-order valence-electron chi connectivity index (χ3n) is 5.86. The molecule has 0 aliphatic rings. The maximum Gasteiger partial charge on any atom is 0.284 e. The van der Waals surface area contributed by atoms with Gasteiger partial charge in [0, 0.05) is 37.5 Å². The van der Waals surface area contributed by atoms with Crippen LogP contribution >= 0.6 is 11.6 Å². The van der Waals surface area contributed by atoms with Crippen molar-refractivity contribution in [2.75, 3.05) is 24.2 Å². The zero-order valence-electron chi connectivity index (χ0n) is 20.1. The van der Waals surface area contributed by atoms with Crippen LogP contribution in [0.2, 0.25) is 5.02 Å². The maximum atomic E-state index is 13.6. The first-order valence-corrected chi connectivity index (χ1v) is 13.5. The molecule has 5 aromatic rings. The first-order chi connectivity index (χ1) is 17.4. The number of para-hydroxylation sites is 1. The molecular weight excluding hydrogens is 500 g/mol. The van der Waals surface area contributed by atoms with E-state index in [1.807, 2.05) is 37.3 Å². The van der Waals surface area contributed by atoms with E-state index >= 15 is 0 Å². The van der Waals surface area contributed by atoms with Gasteiger partial charge >= 0.3 is 0 Å². The second kappa shape index (κ2) is 9.82. The molecule has 12 heteroatoms. The number of rotatable bonds is 8. The largest absolute Gasteiger partial charge is 0.340 e. The van der Waals surface area contributed by atoms with Crippen LogP contribution in [0, 0.1) is 0 Å². The predicted octanol–water partition coefficient (Wildman–Crippen LogP) is 3.33. The lowest BCUT2D eigenvalue weighted by atomic mass is 10.1. The predicted molar refractivity (Wildman–Crippen MR) is 140 cm³/mol. The van der Waals surface area contributed by atoms with Crippen LogP contribution in [0.15, 0.2) is 64.8 Å². The van der Waals surface area contributed by atoms with E-state index in [4.69, 9.17) is 16.7 Å². The van der Waals surface area contributed by atoms with Crippen LogP contribution in [0.5, 0.6) is 0 Å². The lowest BCUT2D eigenvalue weighted by Crippen LogP contribution is -2.35. The highest BCUT2D eigenvalue weighted by Crippen LogP contribution is 2.23. The SMILES string of the molecule is CCCN(CC(C)c1nn2ccc(Cl)c2c(=O)n1-c1ccccc1)c1nc(S(C)=O)nc2ccnn12. The highest BCUT2D eigenvalue weighted by molar-refractivity contribution is 7.84. The van der Waals surface area contributed by atoms with Crippen molar-refractivity contribution < 1.29 is 4.21 Å². The van der Waals surface area contributed by atoms with Crippen LogP contribution in [0.1, 0.15) is 32.0 Å². The Bertz CT molecular complexity index is 1630. The molecule has 0 saturated heterocycles. The van der Waals surface area contributed by atoms with Gasteiger partial charge in [-0.1, -0.05) is 43.6 Å². The van der Waals surface area contributed by atoms with Gasteiger partial charge in [-0.2, -0.15) is 19.7 Å². The van der Waals surface area contributed by atoms with Gasteiger partial charge in [0.2, 0.25) is 11.1 Å². The van der Waals surface area contributed by atoms with Gasteiger partial charge in [-0.25, -0.2) is 9.50 Å². The van der Waals surface area contributed by atoms with E-state index in [1.165, 1.54) is 4.52 Å². The number of hydrogen-bond acceptors (Lipinski definition) is 7. The number of fused-ring (bicyclic) bond motifs is 2. The van der Waals surface area contributed by atoms with Gasteiger partial charge in [0.15, 0.2) is 5.65 Å². The van der Waals surface area contributed by atoms with Crippen molar-refractivity contribution in [2.45, 2.75) is 31.3 Å². The number of halogens is 1. The molecule has 0 amide bonds. The molecular formula is C24H25ClN8O2S. The average molecular weight is 525 g/mol. The van der Waals surface area contributed by atoms with Crippen LogP contribution in [-0.2, 0) is 10.8 Å². The van der Waals surface area contributed by atoms with Crippen LogP contribution < -0.4 is 10.5 Å². The Morgan fingerprint density at radius 3 is 2.64 bits per heavy atom. The minimum atomic E-state index is -1.36. The molecule has 186 valence electrons. The lowest BCUT2D eigenvalue weighted by Gasteiger charge is -2.27. The Kier molecular flexibility index (Phi) is 6.59. The van der Waals surface area contributed by atoms with Gasteiger partial charge in [-0.15, -0.1) is 0 Å². The van der Waals surface area contributed by atoms with Crippen molar-refractivity contribution in [2.24, 2.45) is 0 Å². The normalized spacial score (nSPS) is 13.3. The molecule has 10 nitrogen and oxygen atoms in total. The fourth-order valence-corrected chi connectivity index (χ4v) is 4.93. The van der Waals surface area contributed by atoms with Crippen molar-refractivity contribution in [1.82, 2.24) is 33.8 Å². The average Bonchev–Trinajstić information content (AvgIpc) is 3.50. The molecule has 0 spiro atoms. The molecule has 0 aliphatic heterocycles. The number of aromatic nitrogens is 7. The Morgan fingerprint density at radius 2 is 1.92 bits per heavy atom. The smallest absolute Gasteiger partial charge is 0.284 e. The first kappa shape index (κ1) is 24.1. The summed E-state index contributed by atoms with van der Waals surface area (Å²) in [5.41, 5.74) is 1.36. The molecule has 2 unspecified atom stereocenters. The molecule has 1 aromatic carbocycles. The number of anilines is 1. The molecule has 5 rings (SSSR count). The standard InChI is InChI=1S/C24H25ClN8O2S/c1-4-13-30(24-28-23(36(3)35)27-19-10-12-26-33(19)24)15-16(2)21-29-31-14-11-18(25)20(31)22(34)32(21)17-8-6-5-7-9-17/h5-12,14,16H,4,13,15H2,1-3H3. The van der Waals surface area contributed by atoms with Gasteiger partial charge < -0.3 is 4.90 Å². The quantitative estimate of drug-likeness (QED) is 0.307. The van der Waals surface area contributed by atoms with Crippen LogP contribution in [-0.4, -0.2) is 57.3 Å². The molecule has 4 heterocycles. The summed E-state index contributed by atoms with van der Waals surface area (Å²) in [7, 11) is -1.36. The monoisotopic (exact) mass is 524 g/mol. The first-order valence-electron chi connectivity index (χ1n) is 11.5. The van der Waals surface area contributed by atoms with E-state index in [1.54, 1.807) is 39.9 Å². The van der Waals surface area contributed by atoms with E-state index in [9.17, 15) is 9.00 Å². The Hall–Kier alpha value is -3.57. The maximum absolute atomic E-state index is 13.6. The van der Waals surface area contributed by atoms with Crippen LogP contribution in [0.25, 0.3) is 16.9 Å². The van der Waals surface area contributed by atoms with E-state index in [-0.39, 0.29) is 16.6 Å². The van der Waals surface area contributed by atoms with Gasteiger partial charge in [0.25, 0.3) is 5.56 Å². The van der Waals surface area contributed by atoms with Crippen molar-refractivity contribution in [3.63, 3.8) is 0 Å². The Morgan fingerprint density at radius 1 is 1.14 bits per heavy atom. The number of nitrogens with zero attached hydrogens (tertiary/aromatic N) is 8. The second-order valence-electron chi connectivity index (χ2n) is 8.50. The molecule has 0 aliphatic carbocycles. The van der Waals surface area contributed by atoms with Crippen molar-refractivity contribution in [3.05, 3.63) is 76.1 Å². The minimum absolute atomic E-state index is 0.203. The van der Waals surface area contributed by atoms with Gasteiger partial charge in [-0.3, -0.25) is 13.6 Å². The van der Waals surface area contributed by atoms with Crippen LogP contribution in [0.4, 0.5) is 5.95 Å². The minimum Gasteiger partial charge on any atom is -0.340 e. The fourth-order valence-electron chi connectivity index (χ4n) is 4.27. The van der Waals surface area contributed by atoms with Gasteiger partial charge in [0.05, 0.1) is 27.7 Å². The summed E-state index contributed by atoms with van der Waals surface area (Å²) in [5.74, 6) is 0.922. The molecule has 2 atom stereocenters. The van der Waals surface area contributed by atoms with Gasteiger partial charge in [0.1, 0.15) is 11.3 Å². The van der Waals surface area contributed by atoms with Crippen molar-refractivity contribution in [1.29, 1.82) is 0 Å². The van der Waals surface area contributed by atoms with Crippen LogP contribution in [0.3, 0.4) is 0 Å². The summed E-state index contributed by atoms with van der Waals surface area (Å²) < 4.78 is 17.0. The number of hydrogen-bond donors (Lipinski definition) is 0. The van der Waals surface area contributed by atoms with E-state index in [0.717, 1.165) is 6.42 Å². The zero-order valence-corrected chi connectivity index (χ0v) is 21.6. The van der Waals surface area contributed by atoms with E-state index in [0.29, 0.717) is 46.7 Å². The summed E-state index contributed by atoms with van der Waals surface area (Å²) >= 11 is 6.33. The van der Waals surface area contributed by atoms with Crippen molar-refractivity contribution >= 4 is 39.5 Å². The van der Waals surface area contributed by atoms with Gasteiger partial charge in [-0.05, 0) is 24.6 Å². The Balaban J connectivity index is 1.63. The molecule has 0 N–H and O–H groups in total. The second-order valence-corrected chi connectivity index (χ2v) is 10.2. The zero-order chi connectivity index (χ0) is 25.4. The fraction of sp³-hybridized carbons (Fsp3) is 0.292. The third kappa shape index (κ3) is 4.28. The molecule has 36 heavy (non-hydrogen) atoms. The highest BCUT2D eigenvalue weighted by Gasteiger charge is 2.24. The topological polar surface area (TPSA) is 103 Å². The third-order valence-corrected chi connectivity index (χ3v) is 6.87. The molecule has 0 fully saturated rings.